The number of furan rings is 1. The minimum absolute atomic E-state index is 0.00960. The Morgan fingerprint density at radius 2 is 1.95 bits per heavy atom. The molecule has 0 aliphatic carbocycles. The Bertz CT molecular complexity index is 815. The first-order valence-electron chi connectivity index (χ1n) is 6.22. The quantitative estimate of drug-likeness (QED) is 0.689. The molecule has 3 N–H and O–H groups in total. The number of halogens is 1. The maximum atomic E-state index is 11.4. The van der Waals surface area contributed by atoms with Crippen LogP contribution in [0, 0.1) is 6.92 Å². The van der Waals surface area contributed by atoms with Gasteiger partial charge in [0.15, 0.2) is 0 Å². The van der Waals surface area contributed by atoms with Crippen LogP contribution in [0.15, 0.2) is 38.1 Å². The van der Waals surface area contributed by atoms with Gasteiger partial charge in [-0.1, -0.05) is 15.9 Å². The van der Waals surface area contributed by atoms with Crippen LogP contribution in [0.4, 0.5) is 0 Å². The Kier molecular flexibility index (Phi) is 3.27. The third kappa shape index (κ3) is 2.21. The van der Waals surface area contributed by atoms with Crippen molar-refractivity contribution in [1.29, 1.82) is 0 Å². The third-order valence-electron chi connectivity index (χ3n) is 3.32. The molecule has 0 radical (unpaired) electrons. The van der Waals surface area contributed by atoms with E-state index in [9.17, 15) is 4.79 Å². The first-order valence-corrected chi connectivity index (χ1v) is 7.01. The minimum atomic E-state index is -0.204. The topological polar surface area (TPSA) is 73.8 Å². The standard InChI is InChI=1S/C14H14BrN3O2/c1-7-3-8(6-20-7)13(16-2)9-4-11-12(5-10(9)15)18-14(19)17-11/h3-6,13,16H,1-2H3,(H2,17,18,19). The van der Waals surface area contributed by atoms with Crippen LogP contribution in [0.5, 0.6) is 0 Å². The minimum Gasteiger partial charge on any atom is -0.469 e. The van der Waals surface area contributed by atoms with Crippen LogP contribution in [0.1, 0.15) is 22.9 Å². The fraction of sp³-hybridized carbons (Fsp3) is 0.214. The molecular weight excluding hydrogens is 322 g/mol. The van der Waals surface area contributed by atoms with Gasteiger partial charge in [0.1, 0.15) is 5.76 Å². The summed E-state index contributed by atoms with van der Waals surface area (Å²) in [5, 5.41) is 3.27. The molecule has 0 spiro atoms. The van der Waals surface area contributed by atoms with Crippen molar-refractivity contribution in [3.63, 3.8) is 0 Å². The lowest BCUT2D eigenvalue weighted by molar-refractivity contribution is 0.527. The van der Waals surface area contributed by atoms with Crippen molar-refractivity contribution in [2.75, 3.05) is 7.05 Å². The van der Waals surface area contributed by atoms with E-state index in [1.165, 1.54) is 0 Å². The summed E-state index contributed by atoms with van der Waals surface area (Å²) >= 11 is 3.57. The third-order valence-corrected chi connectivity index (χ3v) is 4.00. The van der Waals surface area contributed by atoms with Crippen molar-refractivity contribution >= 4 is 27.0 Å². The highest BCUT2D eigenvalue weighted by atomic mass is 79.9. The molecule has 0 saturated heterocycles. The van der Waals surface area contributed by atoms with Gasteiger partial charge in [-0.15, -0.1) is 0 Å². The number of rotatable bonds is 3. The zero-order chi connectivity index (χ0) is 14.3. The van der Waals surface area contributed by atoms with E-state index < -0.39 is 0 Å². The summed E-state index contributed by atoms with van der Waals surface area (Å²) in [6.45, 7) is 1.91. The van der Waals surface area contributed by atoms with Crippen LogP contribution in [0.3, 0.4) is 0 Å². The number of hydrogen-bond acceptors (Lipinski definition) is 3. The van der Waals surface area contributed by atoms with Crippen molar-refractivity contribution in [1.82, 2.24) is 15.3 Å². The molecule has 3 rings (SSSR count). The number of aryl methyl sites for hydroxylation is 1. The molecule has 0 aliphatic rings. The van der Waals surface area contributed by atoms with Crippen molar-refractivity contribution in [2.24, 2.45) is 0 Å². The van der Waals surface area contributed by atoms with E-state index in [1.807, 2.05) is 32.2 Å². The Balaban J connectivity index is 2.15. The van der Waals surface area contributed by atoms with Crippen molar-refractivity contribution in [3.8, 4) is 0 Å². The van der Waals surface area contributed by atoms with Gasteiger partial charge < -0.3 is 19.7 Å². The van der Waals surface area contributed by atoms with Gasteiger partial charge in [0, 0.05) is 10.0 Å². The summed E-state index contributed by atoms with van der Waals surface area (Å²) in [5.41, 5.74) is 3.45. The second-order valence-electron chi connectivity index (χ2n) is 4.71. The summed E-state index contributed by atoms with van der Waals surface area (Å²) in [6, 6.07) is 5.85. The fourth-order valence-electron chi connectivity index (χ4n) is 2.41. The first-order chi connectivity index (χ1) is 9.58. The molecule has 0 fully saturated rings. The number of hydrogen-bond donors (Lipinski definition) is 3. The number of imidazole rings is 1. The molecule has 0 bridgehead atoms. The average molecular weight is 336 g/mol. The number of aromatic nitrogens is 2. The molecule has 0 amide bonds. The smallest absolute Gasteiger partial charge is 0.323 e. The van der Waals surface area contributed by atoms with Gasteiger partial charge in [-0.05, 0) is 37.7 Å². The summed E-state index contributed by atoms with van der Waals surface area (Å²) in [6.07, 6.45) is 1.74. The molecule has 104 valence electrons. The van der Waals surface area contributed by atoms with Gasteiger partial charge in [0.05, 0.1) is 23.3 Å². The highest BCUT2D eigenvalue weighted by Crippen LogP contribution is 2.31. The summed E-state index contributed by atoms with van der Waals surface area (Å²) in [5.74, 6) is 0.868. The second-order valence-corrected chi connectivity index (χ2v) is 5.57. The van der Waals surface area contributed by atoms with E-state index >= 15 is 0 Å². The normalized spacial score (nSPS) is 12.9. The maximum Gasteiger partial charge on any atom is 0.323 e. The van der Waals surface area contributed by atoms with E-state index in [0.29, 0.717) is 0 Å². The molecule has 3 aromatic rings. The fourth-order valence-corrected chi connectivity index (χ4v) is 2.98. The van der Waals surface area contributed by atoms with Gasteiger partial charge >= 0.3 is 5.69 Å². The van der Waals surface area contributed by atoms with Crippen molar-refractivity contribution < 1.29 is 4.42 Å². The van der Waals surface area contributed by atoms with Crippen LogP contribution >= 0.6 is 15.9 Å². The molecule has 2 aromatic heterocycles. The molecule has 5 nitrogen and oxygen atoms in total. The zero-order valence-corrected chi connectivity index (χ0v) is 12.7. The molecule has 1 atom stereocenters. The summed E-state index contributed by atoms with van der Waals surface area (Å²) in [7, 11) is 1.89. The molecule has 2 heterocycles. The lowest BCUT2D eigenvalue weighted by Gasteiger charge is -2.16. The SMILES string of the molecule is CNC(c1coc(C)c1)c1cc2[nH]c(=O)[nH]c2cc1Br. The molecule has 6 heteroatoms. The number of aromatic amines is 2. The Hall–Kier alpha value is -1.79. The lowest BCUT2D eigenvalue weighted by Crippen LogP contribution is -2.17. The molecule has 1 unspecified atom stereocenters. The second kappa shape index (κ2) is 4.96. The number of H-pyrrole nitrogens is 2. The molecular formula is C14H14BrN3O2. The van der Waals surface area contributed by atoms with E-state index in [4.69, 9.17) is 4.42 Å². The monoisotopic (exact) mass is 335 g/mol. The molecule has 20 heavy (non-hydrogen) atoms. The molecule has 1 aromatic carbocycles. The van der Waals surface area contributed by atoms with Crippen molar-refractivity contribution in [2.45, 2.75) is 13.0 Å². The van der Waals surface area contributed by atoms with Crippen LogP contribution < -0.4 is 11.0 Å². The predicted molar refractivity (Wildman–Crippen MR) is 81.0 cm³/mol. The largest absolute Gasteiger partial charge is 0.469 e. The Morgan fingerprint density at radius 3 is 2.55 bits per heavy atom. The highest BCUT2D eigenvalue weighted by Gasteiger charge is 2.18. The van der Waals surface area contributed by atoms with Gasteiger partial charge in [0.25, 0.3) is 0 Å². The van der Waals surface area contributed by atoms with Crippen LogP contribution in [-0.4, -0.2) is 17.0 Å². The predicted octanol–water partition coefficient (Wildman–Crippen LogP) is 2.83. The van der Waals surface area contributed by atoms with E-state index in [1.54, 1.807) is 6.26 Å². The Morgan fingerprint density at radius 1 is 1.25 bits per heavy atom. The van der Waals surface area contributed by atoms with Gasteiger partial charge in [0.2, 0.25) is 0 Å². The summed E-state index contributed by atoms with van der Waals surface area (Å²) < 4.78 is 6.31. The van der Waals surface area contributed by atoms with Gasteiger partial charge in [-0.2, -0.15) is 0 Å². The number of benzene rings is 1. The van der Waals surface area contributed by atoms with Crippen LogP contribution in [0.2, 0.25) is 0 Å². The lowest BCUT2D eigenvalue weighted by atomic mass is 10.0. The number of nitrogens with one attached hydrogen (secondary N) is 3. The van der Waals surface area contributed by atoms with Crippen molar-refractivity contribution in [3.05, 3.63) is 56.3 Å². The maximum absolute atomic E-state index is 11.4. The molecule has 0 aliphatic heterocycles. The van der Waals surface area contributed by atoms with Gasteiger partial charge in [-0.3, -0.25) is 0 Å². The van der Waals surface area contributed by atoms with E-state index in [2.05, 4.69) is 31.2 Å². The highest BCUT2D eigenvalue weighted by molar-refractivity contribution is 9.10. The zero-order valence-electron chi connectivity index (χ0n) is 11.1. The van der Waals surface area contributed by atoms with Crippen LogP contribution in [-0.2, 0) is 0 Å². The van der Waals surface area contributed by atoms with E-state index in [0.717, 1.165) is 32.4 Å². The van der Waals surface area contributed by atoms with Crippen LogP contribution in [0.25, 0.3) is 11.0 Å². The summed E-state index contributed by atoms with van der Waals surface area (Å²) in [4.78, 5) is 16.9. The number of fused-ring (bicyclic) bond motifs is 1. The average Bonchev–Trinajstić information content (AvgIpc) is 2.96. The first kappa shape index (κ1) is 13.2. The Labute approximate surface area is 123 Å². The molecule has 0 saturated carbocycles. The van der Waals surface area contributed by atoms with Gasteiger partial charge in [-0.25, -0.2) is 4.79 Å². The van der Waals surface area contributed by atoms with E-state index in [-0.39, 0.29) is 11.7 Å².